The van der Waals surface area contributed by atoms with Gasteiger partial charge in [0.25, 0.3) is 0 Å². The molecular formula is C20H30FN3O2. The average Bonchev–Trinajstić information content (AvgIpc) is 2.66. The molecule has 2 amide bonds. The number of carbonyl (C=O) groups excluding carboxylic acids is 2. The highest BCUT2D eigenvalue weighted by molar-refractivity contribution is 5.85. The highest BCUT2D eigenvalue weighted by Gasteiger charge is 2.34. The minimum atomic E-state index is -0.306. The second kappa shape index (κ2) is 9.67. The molecule has 1 aliphatic rings. The van der Waals surface area contributed by atoms with Gasteiger partial charge >= 0.3 is 0 Å². The fraction of sp³-hybridized carbons (Fsp3) is 0.600. The normalized spacial score (nSPS) is 16.1. The van der Waals surface area contributed by atoms with Crippen molar-refractivity contribution in [1.82, 2.24) is 10.2 Å². The molecule has 1 aromatic carbocycles. The zero-order chi connectivity index (χ0) is 19.0. The van der Waals surface area contributed by atoms with E-state index in [9.17, 15) is 14.0 Å². The molecule has 0 heterocycles. The molecule has 0 unspecified atom stereocenters. The summed E-state index contributed by atoms with van der Waals surface area (Å²) in [6, 6.07) is 5.98. The first-order valence-corrected chi connectivity index (χ1v) is 9.47. The van der Waals surface area contributed by atoms with Gasteiger partial charge in [-0.05, 0) is 49.4 Å². The van der Waals surface area contributed by atoms with Gasteiger partial charge < -0.3 is 16.0 Å². The van der Waals surface area contributed by atoms with Crippen LogP contribution in [-0.4, -0.2) is 36.3 Å². The van der Waals surface area contributed by atoms with E-state index in [4.69, 9.17) is 5.73 Å². The van der Waals surface area contributed by atoms with E-state index in [0.29, 0.717) is 26.1 Å². The molecular weight excluding hydrogens is 333 g/mol. The summed E-state index contributed by atoms with van der Waals surface area (Å²) in [6.45, 7) is 3.24. The number of hydrogen-bond acceptors (Lipinski definition) is 3. The summed E-state index contributed by atoms with van der Waals surface area (Å²) in [5.74, 6) is -0.522. The fourth-order valence-corrected chi connectivity index (χ4v) is 3.60. The van der Waals surface area contributed by atoms with Crippen molar-refractivity contribution in [1.29, 1.82) is 0 Å². The molecule has 0 radical (unpaired) electrons. The lowest BCUT2D eigenvalue weighted by Gasteiger charge is -2.37. The third kappa shape index (κ3) is 5.80. The predicted octanol–water partition coefficient (Wildman–Crippen LogP) is 2.59. The number of nitrogens with zero attached hydrogens (tertiary/aromatic N) is 1. The summed E-state index contributed by atoms with van der Waals surface area (Å²) in [7, 11) is 0. The Balaban J connectivity index is 1.85. The van der Waals surface area contributed by atoms with Gasteiger partial charge in [-0.25, -0.2) is 4.39 Å². The number of amides is 2. The van der Waals surface area contributed by atoms with Gasteiger partial charge in [-0.3, -0.25) is 9.59 Å². The van der Waals surface area contributed by atoms with Gasteiger partial charge in [-0.15, -0.1) is 0 Å². The van der Waals surface area contributed by atoms with Crippen LogP contribution in [-0.2, 0) is 16.1 Å². The van der Waals surface area contributed by atoms with Crippen LogP contribution in [0.25, 0.3) is 0 Å². The van der Waals surface area contributed by atoms with E-state index in [2.05, 4.69) is 5.32 Å². The third-order valence-corrected chi connectivity index (χ3v) is 5.35. The SMILES string of the molecule is CCN(CC(=O)NCc1ccc(F)cc1)C(=O)CC1(CN)CCCCC1. The number of halogens is 1. The Labute approximate surface area is 155 Å². The standard InChI is InChI=1S/C20H30FN3O2/c1-2-24(19(26)12-20(15-22)10-4-3-5-11-20)14-18(25)23-13-16-6-8-17(21)9-7-16/h6-9H,2-5,10-15,22H2,1H3,(H,23,25). The molecule has 1 fully saturated rings. The molecule has 144 valence electrons. The van der Waals surface area contributed by atoms with Crippen molar-refractivity contribution in [3.8, 4) is 0 Å². The molecule has 6 heteroatoms. The van der Waals surface area contributed by atoms with E-state index >= 15 is 0 Å². The first kappa shape index (κ1) is 20.4. The number of rotatable bonds is 8. The van der Waals surface area contributed by atoms with Crippen LogP contribution in [0.15, 0.2) is 24.3 Å². The van der Waals surface area contributed by atoms with Crippen LogP contribution in [0.4, 0.5) is 4.39 Å². The number of nitrogens with one attached hydrogen (secondary N) is 1. The Hall–Kier alpha value is -1.95. The van der Waals surface area contributed by atoms with Crippen molar-refractivity contribution in [2.75, 3.05) is 19.6 Å². The van der Waals surface area contributed by atoms with E-state index in [1.54, 1.807) is 17.0 Å². The molecule has 26 heavy (non-hydrogen) atoms. The molecule has 1 saturated carbocycles. The Kier molecular flexibility index (Phi) is 7.57. The number of benzene rings is 1. The maximum atomic E-state index is 12.9. The molecule has 3 N–H and O–H groups in total. The molecule has 0 saturated heterocycles. The maximum absolute atomic E-state index is 12.9. The molecule has 0 aliphatic heterocycles. The van der Waals surface area contributed by atoms with Crippen LogP contribution in [0.2, 0.25) is 0 Å². The molecule has 2 rings (SSSR count). The van der Waals surface area contributed by atoms with Crippen LogP contribution in [0.1, 0.15) is 51.0 Å². The zero-order valence-corrected chi connectivity index (χ0v) is 15.6. The van der Waals surface area contributed by atoms with Crippen LogP contribution >= 0.6 is 0 Å². The Morgan fingerprint density at radius 2 is 1.85 bits per heavy atom. The lowest BCUT2D eigenvalue weighted by molar-refractivity contribution is -0.138. The second-order valence-corrected chi connectivity index (χ2v) is 7.25. The summed E-state index contributed by atoms with van der Waals surface area (Å²) >= 11 is 0. The van der Waals surface area contributed by atoms with Crippen molar-refractivity contribution < 1.29 is 14.0 Å². The highest BCUT2D eigenvalue weighted by Crippen LogP contribution is 2.38. The number of likely N-dealkylation sites (N-methyl/N-ethyl adjacent to an activating group) is 1. The minimum Gasteiger partial charge on any atom is -0.350 e. The van der Waals surface area contributed by atoms with Crippen LogP contribution in [0.5, 0.6) is 0 Å². The smallest absolute Gasteiger partial charge is 0.239 e. The molecule has 0 spiro atoms. The first-order chi connectivity index (χ1) is 12.5. The summed E-state index contributed by atoms with van der Waals surface area (Å²) in [4.78, 5) is 26.5. The van der Waals surface area contributed by atoms with Gasteiger partial charge in [0.15, 0.2) is 0 Å². The zero-order valence-electron chi connectivity index (χ0n) is 15.6. The fourth-order valence-electron chi connectivity index (χ4n) is 3.60. The lowest BCUT2D eigenvalue weighted by atomic mass is 9.71. The van der Waals surface area contributed by atoms with Crippen molar-refractivity contribution >= 4 is 11.8 Å². The second-order valence-electron chi connectivity index (χ2n) is 7.25. The maximum Gasteiger partial charge on any atom is 0.239 e. The topological polar surface area (TPSA) is 75.4 Å². The van der Waals surface area contributed by atoms with Crippen molar-refractivity contribution in [2.24, 2.45) is 11.1 Å². The summed E-state index contributed by atoms with van der Waals surface area (Å²) in [6.07, 6.45) is 5.85. The molecule has 0 aromatic heterocycles. The monoisotopic (exact) mass is 363 g/mol. The molecule has 1 aromatic rings. The van der Waals surface area contributed by atoms with E-state index in [1.165, 1.54) is 18.6 Å². The number of carbonyl (C=O) groups is 2. The van der Waals surface area contributed by atoms with Gasteiger partial charge in [-0.2, -0.15) is 0 Å². The van der Waals surface area contributed by atoms with Gasteiger partial charge in [0.05, 0.1) is 6.54 Å². The van der Waals surface area contributed by atoms with Crippen LogP contribution in [0, 0.1) is 11.2 Å². The van der Waals surface area contributed by atoms with Crippen LogP contribution in [0.3, 0.4) is 0 Å². The quantitative estimate of drug-likeness (QED) is 0.745. The Morgan fingerprint density at radius 1 is 1.19 bits per heavy atom. The lowest BCUT2D eigenvalue weighted by Crippen LogP contribution is -2.44. The van der Waals surface area contributed by atoms with Gasteiger partial charge in [-0.1, -0.05) is 31.4 Å². The first-order valence-electron chi connectivity index (χ1n) is 9.47. The van der Waals surface area contributed by atoms with Crippen molar-refractivity contribution in [2.45, 2.75) is 52.0 Å². The van der Waals surface area contributed by atoms with Gasteiger partial charge in [0.1, 0.15) is 5.82 Å². The van der Waals surface area contributed by atoms with Gasteiger partial charge in [0, 0.05) is 19.5 Å². The summed E-state index contributed by atoms with van der Waals surface area (Å²) in [5, 5.41) is 2.79. The third-order valence-electron chi connectivity index (χ3n) is 5.35. The Bertz CT molecular complexity index is 598. The van der Waals surface area contributed by atoms with E-state index < -0.39 is 0 Å². The number of hydrogen-bond donors (Lipinski definition) is 2. The predicted molar refractivity (Wildman–Crippen MR) is 99.7 cm³/mol. The molecule has 0 bridgehead atoms. The Morgan fingerprint density at radius 3 is 2.42 bits per heavy atom. The van der Waals surface area contributed by atoms with Crippen molar-refractivity contribution in [3.05, 3.63) is 35.6 Å². The number of nitrogens with two attached hydrogens (primary N) is 1. The van der Waals surface area contributed by atoms with E-state index in [1.807, 2.05) is 6.92 Å². The summed E-state index contributed by atoms with van der Waals surface area (Å²) < 4.78 is 12.9. The largest absolute Gasteiger partial charge is 0.350 e. The van der Waals surface area contributed by atoms with E-state index in [0.717, 1.165) is 31.2 Å². The highest BCUT2D eigenvalue weighted by atomic mass is 19.1. The minimum absolute atomic E-state index is 0.00298. The van der Waals surface area contributed by atoms with Crippen LogP contribution < -0.4 is 11.1 Å². The molecule has 0 atom stereocenters. The average molecular weight is 363 g/mol. The molecule has 5 nitrogen and oxygen atoms in total. The van der Waals surface area contributed by atoms with E-state index in [-0.39, 0.29) is 29.6 Å². The van der Waals surface area contributed by atoms with Crippen molar-refractivity contribution in [3.63, 3.8) is 0 Å². The summed E-state index contributed by atoms with van der Waals surface area (Å²) in [5.41, 5.74) is 6.69. The molecule has 1 aliphatic carbocycles. The van der Waals surface area contributed by atoms with Gasteiger partial charge in [0.2, 0.25) is 11.8 Å².